The molecule has 2 bridgehead atoms. The van der Waals surface area contributed by atoms with Gasteiger partial charge in [0.15, 0.2) is 11.5 Å². The molecule has 2 spiro atoms. The Morgan fingerprint density at radius 1 is 0.845 bits per heavy atom. The van der Waals surface area contributed by atoms with Gasteiger partial charge in [-0.1, -0.05) is 149 Å². The lowest BCUT2D eigenvalue weighted by atomic mass is 9.35. The molecule has 520 valence electrons. The van der Waals surface area contributed by atoms with Crippen molar-refractivity contribution in [1.82, 2.24) is 15.6 Å². The van der Waals surface area contributed by atoms with Crippen molar-refractivity contribution in [2.45, 2.75) is 164 Å². The van der Waals surface area contributed by atoms with Crippen molar-refractivity contribution in [2.75, 3.05) is 45.4 Å². The number of ether oxygens (including phenoxy) is 2. The van der Waals surface area contributed by atoms with Crippen LogP contribution in [0.1, 0.15) is 129 Å². The molecule has 1 saturated heterocycles. The van der Waals surface area contributed by atoms with Crippen molar-refractivity contribution < 1.29 is 50.3 Å². The summed E-state index contributed by atoms with van der Waals surface area (Å²) in [5, 5.41) is 106. The number of aliphatic hydroxyl groups is 7. The molecule has 8 aliphatic carbocycles. The summed E-state index contributed by atoms with van der Waals surface area (Å²) in [4.78, 5) is 3.40. The fourth-order valence-corrected chi connectivity index (χ4v) is 23.9. The lowest BCUT2D eigenvalue weighted by Crippen LogP contribution is -2.66. The lowest BCUT2D eigenvalue weighted by Gasteiger charge is -2.68. The van der Waals surface area contributed by atoms with E-state index in [2.05, 4.69) is 125 Å². The molecule has 2 aliphatic heterocycles. The van der Waals surface area contributed by atoms with E-state index in [4.69, 9.17) is 15.2 Å². The Hall–Kier alpha value is -5.26. The second-order valence-corrected chi connectivity index (χ2v) is 33.1. The highest BCUT2D eigenvalue weighted by atomic mass is 33.1. The Morgan fingerprint density at radius 3 is 2.40 bits per heavy atom. The van der Waals surface area contributed by atoms with Crippen molar-refractivity contribution in [1.29, 1.82) is 0 Å². The van der Waals surface area contributed by atoms with Crippen LogP contribution in [0, 0.1) is 93.7 Å². The van der Waals surface area contributed by atoms with Crippen molar-refractivity contribution in [3.8, 4) is 23.3 Å². The first-order valence-corrected chi connectivity index (χ1v) is 39.1. The van der Waals surface area contributed by atoms with Gasteiger partial charge in [-0.15, -0.1) is 0 Å². The number of fused-ring (bicyclic) bond motifs is 9. The molecule has 16 heteroatoms. The molecule has 23 atom stereocenters. The van der Waals surface area contributed by atoms with Crippen molar-refractivity contribution in [3.63, 3.8) is 0 Å². The number of hydrogen-bond acceptors (Lipinski definition) is 15. The van der Waals surface area contributed by atoms with Crippen LogP contribution < -0.4 is 21.1 Å². The number of benzene rings is 3. The number of phenols is 1. The van der Waals surface area contributed by atoms with Crippen LogP contribution in [0.3, 0.4) is 0 Å². The largest absolute Gasteiger partial charge is 0.504 e. The van der Waals surface area contributed by atoms with E-state index in [-0.39, 0.29) is 85.4 Å². The normalized spacial score (nSPS) is 37.6. The van der Waals surface area contributed by atoms with Gasteiger partial charge in [-0.3, -0.25) is 5.32 Å². The van der Waals surface area contributed by atoms with E-state index in [9.17, 15) is 40.9 Å². The van der Waals surface area contributed by atoms with Crippen LogP contribution in [0.2, 0.25) is 0 Å². The number of aromatic nitrogens is 1. The zero-order chi connectivity index (χ0) is 67.3. The summed E-state index contributed by atoms with van der Waals surface area (Å²) in [5.41, 5.74) is 16.3. The van der Waals surface area contributed by atoms with Crippen molar-refractivity contribution >= 4 is 21.6 Å². The highest BCUT2D eigenvalue weighted by Crippen LogP contribution is 2.73. The van der Waals surface area contributed by atoms with Gasteiger partial charge in [0.1, 0.15) is 18.2 Å². The highest BCUT2D eigenvalue weighted by molar-refractivity contribution is 8.76. The number of aliphatic hydroxyl groups excluding tert-OH is 7. The highest BCUT2D eigenvalue weighted by Gasteiger charge is 2.69. The Bertz CT molecular complexity index is 3660. The number of hydrogen-bond donors (Lipinski definition) is 12. The smallest absolute Gasteiger partial charge is 0.161 e. The van der Waals surface area contributed by atoms with Gasteiger partial charge in [-0.2, -0.15) is 0 Å². The molecule has 14 nitrogen and oxygen atoms in total. The van der Waals surface area contributed by atoms with E-state index >= 15 is 0 Å². The van der Waals surface area contributed by atoms with Gasteiger partial charge in [-0.25, -0.2) is 0 Å². The summed E-state index contributed by atoms with van der Waals surface area (Å²) in [6.07, 6.45) is 18.7. The predicted octanol–water partition coefficient (Wildman–Crippen LogP) is 10.6. The Morgan fingerprint density at radius 2 is 1.64 bits per heavy atom. The van der Waals surface area contributed by atoms with Gasteiger partial charge < -0.3 is 66.4 Å². The SMILES string of the molecule is CC[C@@H]1Cc2cc(O)c(O[C@@H]3C[C@H](Cc4ccc[nH]4)C4=CCNC(N)=C4CSSC[C@H](CO)[C@H]3O)cc2[C@H]2C[C@@H](O)[C@H]3[C@H](C#C[C@@]45C[C@@H](c6ccccc6)[C@H]6Cc7ccccc7C[C@@H]7[C@H]8CCCC[C@@H]8C=C[C@H]7[C@]6(C=C(CC[C@H](OC)[C@@H](O)NC)[C@H]4[C@@H](O)CC[C@@H]3O)[C@@H]5CO)C=C12. The third-order valence-electron chi connectivity index (χ3n) is 25.9. The van der Waals surface area contributed by atoms with E-state index in [0.717, 1.165) is 64.8 Å². The first kappa shape index (κ1) is 68.9. The van der Waals surface area contributed by atoms with E-state index in [1.165, 1.54) is 36.0 Å². The summed E-state index contributed by atoms with van der Waals surface area (Å²) in [5.74, 6) is 7.95. The summed E-state index contributed by atoms with van der Waals surface area (Å²) < 4.78 is 13.2. The quantitative estimate of drug-likeness (QED) is 0.0243. The number of aromatic amines is 1. The number of allylic oxidation sites excluding steroid dienone is 6. The minimum Gasteiger partial charge on any atom is -0.504 e. The molecule has 0 amide bonds. The van der Waals surface area contributed by atoms with Gasteiger partial charge in [0.05, 0.1) is 30.5 Å². The topological polar surface area (TPSA) is 246 Å². The fraction of sp³-hybridized carbons (Fsp3) is 0.580. The molecule has 0 radical (unpaired) electrons. The zero-order valence-corrected chi connectivity index (χ0v) is 58.4. The first-order valence-electron chi connectivity index (χ1n) is 36.6. The second-order valence-electron chi connectivity index (χ2n) is 30.5. The van der Waals surface area contributed by atoms with Gasteiger partial charge in [-0.05, 0) is 202 Å². The maximum absolute atomic E-state index is 13.6. The van der Waals surface area contributed by atoms with Crippen LogP contribution in [-0.4, -0.2) is 134 Å². The van der Waals surface area contributed by atoms with Crippen LogP contribution in [0.5, 0.6) is 11.5 Å². The minimum atomic E-state index is -1.11. The van der Waals surface area contributed by atoms with Gasteiger partial charge in [0, 0.05) is 102 Å². The summed E-state index contributed by atoms with van der Waals surface area (Å²) in [6.45, 7) is 2.35. The number of aromatic hydroxyl groups is 1. The van der Waals surface area contributed by atoms with Crippen LogP contribution >= 0.6 is 21.6 Å². The van der Waals surface area contributed by atoms with E-state index < -0.39 is 83.3 Å². The molecule has 13 N–H and O–H groups in total. The fourth-order valence-electron chi connectivity index (χ4n) is 21.4. The van der Waals surface area contributed by atoms with Gasteiger partial charge in [0.2, 0.25) is 0 Å². The maximum atomic E-state index is 13.6. The van der Waals surface area contributed by atoms with E-state index in [0.29, 0.717) is 74.2 Å². The molecule has 10 aliphatic rings. The molecule has 0 unspecified atom stereocenters. The molecule has 3 aromatic carbocycles. The molecule has 2 saturated carbocycles. The Labute approximate surface area is 582 Å². The summed E-state index contributed by atoms with van der Waals surface area (Å²) in [6, 6.07) is 27.9. The molecule has 3 fully saturated rings. The van der Waals surface area contributed by atoms with E-state index in [1.54, 1.807) is 35.7 Å². The summed E-state index contributed by atoms with van der Waals surface area (Å²) >= 11 is 0. The van der Waals surface area contributed by atoms with Crippen LogP contribution in [-0.2, 0) is 30.4 Å². The maximum Gasteiger partial charge on any atom is 0.161 e. The minimum absolute atomic E-state index is 0.0110. The lowest BCUT2D eigenvalue weighted by molar-refractivity contribution is -0.147. The van der Waals surface area contributed by atoms with Crippen molar-refractivity contribution in [3.05, 3.63) is 177 Å². The second kappa shape index (κ2) is 29.4. The van der Waals surface area contributed by atoms with E-state index in [1.807, 2.05) is 24.4 Å². The third-order valence-corrected chi connectivity index (χ3v) is 28.3. The predicted molar refractivity (Wildman–Crippen MR) is 384 cm³/mol. The number of nitrogens with two attached hydrogens (primary N) is 1. The Kier molecular flexibility index (Phi) is 20.8. The molecule has 14 rings (SSSR count). The number of likely N-dealkylation sites (N-methyl/N-ethyl adjacent to an activating group) is 1. The number of dihydropyridines is 1. The van der Waals surface area contributed by atoms with Gasteiger partial charge in [0.25, 0.3) is 0 Å². The Balaban J connectivity index is 0.917. The molecule has 1 aromatic heterocycles. The van der Waals surface area contributed by atoms with Gasteiger partial charge >= 0.3 is 0 Å². The molecule has 97 heavy (non-hydrogen) atoms. The average molecular weight is 1360 g/mol. The van der Waals surface area contributed by atoms with Crippen molar-refractivity contribution in [2.24, 2.45) is 87.6 Å². The first-order chi connectivity index (χ1) is 47.2. The van der Waals surface area contributed by atoms with Crippen LogP contribution in [0.25, 0.3) is 0 Å². The zero-order valence-electron chi connectivity index (χ0n) is 56.7. The molecule has 4 aromatic rings. The van der Waals surface area contributed by atoms with Crippen LogP contribution in [0.15, 0.2) is 144 Å². The molecular formula is C81H104N4O10S2. The number of phenolic OH excluding ortho intramolecular Hbond substituents is 1. The third kappa shape index (κ3) is 12.9. The number of nitrogens with one attached hydrogen (secondary N) is 3. The number of H-pyrrole nitrogens is 1. The average Bonchev–Trinajstić information content (AvgIpc) is 0.852. The van der Waals surface area contributed by atoms with Crippen LogP contribution in [0.4, 0.5) is 0 Å². The summed E-state index contributed by atoms with van der Waals surface area (Å²) in [7, 11) is 6.62. The number of rotatable bonds is 14. The molecule has 3 heterocycles. The standard InChI is InChI=1S/C81H104N4O10S2/c1-4-46-31-53-36-69(90)72(95-73-37-54(32-56-18-12-29-84-56)58-27-30-85-78(82)64(58)45-97-96-44-55(42-86)77(73)92)39-60(53)61-38-70(91)75-51(34-59(46)61)26-28-80-41-63(47-13-6-5-7-14-47)66-35-50-17-9-8-16-49(50)33-62-57-19-11-10-15-48(57)20-22-65(62)81(66,74(80)43-87)40-52(21-25-71(94-3)79(93)83-2)76(80)68(89)24-23-67(75)88/h5-9,12-14,16-18,20,22,27,29,34,36,39-40,46,48,51,54-55,57,61-63,65-68,70-71,73-77,79,83-93H,4,10-11,15,19,21,23-25,30-33,35,37-38,41-45,82H2,1-3H3/t46-,48-,51-,54+,55+,57+,61+,62-,63+,65-,66-,67+,68+,70-,71+,73-,74-,75+,76+,77-,79-,80+,81+/m1/s1. The number of methoxy groups -OCH3 is 1. The molecular weight excluding hydrogens is 1250 g/mol. The monoisotopic (exact) mass is 1360 g/mol.